The van der Waals surface area contributed by atoms with Gasteiger partial charge in [0.15, 0.2) is 0 Å². The van der Waals surface area contributed by atoms with Crippen LogP contribution in [0.25, 0.3) is 0 Å². The van der Waals surface area contributed by atoms with Gasteiger partial charge in [-0.25, -0.2) is 0 Å². The molecular weight excluding hydrogens is 228 g/mol. The fraction of sp³-hybridized carbons (Fsp3) is 0. The molecular formula is H6BaNiO2. The molecule has 4 heavy (non-hydrogen) atoms. The van der Waals surface area contributed by atoms with Gasteiger partial charge in [-0.3, -0.25) is 0 Å². The molecule has 0 aromatic rings. The second-order valence-corrected chi connectivity index (χ2v) is 0. The van der Waals surface area contributed by atoms with Crippen LogP contribution in [-0.2, 0) is 16.5 Å². The Morgan fingerprint density at radius 3 is 0.750 bits per heavy atom. The maximum Gasteiger partial charge on any atom is 0 e. The topological polar surface area (TPSA) is 63.0 Å². The van der Waals surface area contributed by atoms with E-state index in [1.165, 1.54) is 0 Å². The monoisotopic (exact) mass is 234 g/mol. The van der Waals surface area contributed by atoms with Crippen LogP contribution in [0.1, 0.15) is 0 Å². The Morgan fingerprint density at radius 2 is 0.750 bits per heavy atom. The fourth-order valence-corrected chi connectivity index (χ4v) is 0. The molecule has 0 saturated carbocycles. The van der Waals surface area contributed by atoms with E-state index >= 15 is 0 Å². The van der Waals surface area contributed by atoms with Gasteiger partial charge in [0.25, 0.3) is 0 Å². The molecule has 0 spiro atoms. The maximum atomic E-state index is 0. The van der Waals surface area contributed by atoms with Crippen LogP contribution in [0.5, 0.6) is 0 Å². The van der Waals surface area contributed by atoms with Crippen molar-refractivity contribution in [2.45, 2.75) is 0 Å². The summed E-state index contributed by atoms with van der Waals surface area (Å²) in [6, 6.07) is 0. The van der Waals surface area contributed by atoms with Crippen LogP contribution in [0.4, 0.5) is 0 Å². The van der Waals surface area contributed by atoms with E-state index in [9.17, 15) is 0 Å². The van der Waals surface area contributed by atoms with Crippen LogP contribution in [0, 0.1) is 0 Å². The summed E-state index contributed by atoms with van der Waals surface area (Å²) < 4.78 is 0. The van der Waals surface area contributed by atoms with Gasteiger partial charge in [-0.1, -0.05) is 0 Å². The summed E-state index contributed by atoms with van der Waals surface area (Å²) in [4.78, 5) is 0. The van der Waals surface area contributed by atoms with Crippen molar-refractivity contribution in [1.82, 2.24) is 0 Å². The third kappa shape index (κ3) is 9.01. The Hall–Kier alpha value is 1.98. The Bertz CT molecular complexity index is 6.00. The van der Waals surface area contributed by atoms with Gasteiger partial charge in [0.1, 0.15) is 0 Å². The van der Waals surface area contributed by atoms with Crippen molar-refractivity contribution in [3.05, 3.63) is 0 Å². The van der Waals surface area contributed by atoms with Gasteiger partial charge in [0, 0.05) is 16.5 Å². The second kappa shape index (κ2) is 20.1. The van der Waals surface area contributed by atoms with Crippen LogP contribution >= 0.6 is 0 Å². The van der Waals surface area contributed by atoms with E-state index in [1.807, 2.05) is 0 Å². The molecule has 0 aliphatic carbocycles. The van der Waals surface area contributed by atoms with Crippen LogP contribution in [0.15, 0.2) is 0 Å². The van der Waals surface area contributed by atoms with Gasteiger partial charge in [-0.05, 0) is 0 Å². The van der Waals surface area contributed by atoms with Gasteiger partial charge in [-0.2, -0.15) is 0 Å². The Balaban J connectivity index is 0. The quantitative estimate of drug-likeness (QED) is 0.414. The molecule has 0 heterocycles. The van der Waals surface area contributed by atoms with Gasteiger partial charge < -0.3 is 11.0 Å². The Morgan fingerprint density at radius 1 is 0.750 bits per heavy atom. The normalized spacial score (nSPS) is 0. The van der Waals surface area contributed by atoms with Gasteiger partial charge in [0.05, 0.1) is 0 Å². The van der Waals surface area contributed by atoms with Crippen LogP contribution in [-0.4, -0.2) is 59.8 Å². The first-order chi connectivity index (χ1) is 0. The molecule has 4 heteroatoms. The zero-order valence-corrected chi connectivity index (χ0v) is 2.30. The second-order valence-electron chi connectivity index (χ2n) is 0. The molecule has 0 unspecified atom stereocenters. The first kappa shape index (κ1) is 37.7. The van der Waals surface area contributed by atoms with Crippen molar-refractivity contribution in [1.29, 1.82) is 0 Å². The Labute approximate surface area is 75.0 Å². The molecule has 0 radical (unpaired) electrons. The average Bonchev–Trinajstić information content (AvgIpc) is 0. The smallest absolute Gasteiger partial charge is 0 e. The molecule has 30 valence electrons. The third-order valence-corrected chi connectivity index (χ3v) is 0. The zero-order valence-electron chi connectivity index (χ0n) is 1.32. The predicted octanol–water partition coefficient (Wildman–Crippen LogP) is -2.57. The molecule has 0 aromatic carbocycles. The van der Waals surface area contributed by atoms with Crippen molar-refractivity contribution in [3.8, 4) is 0 Å². The van der Waals surface area contributed by atoms with Gasteiger partial charge in [0.2, 0.25) is 0 Å². The van der Waals surface area contributed by atoms with E-state index in [0.717, 1.165) is 0 Å². The maximum absolute atomic E-state index is 0. The van der Waals surface area contributed by atoms with E-state index in [2.05, 4.69) is 0 Å². The predicted molar refractivity (Wildman–Crippen MR) is 15.8 cm³/mol. The van der Waals surface area contributed by atoms with Crippen molar-refractivity contribution in [3.63, 3.8) is 0 Å². The average molecular weight is 234 g/mol. The zero-order chi connectivity index (χ0) is 0. The Kier molecular flexibility index (Phi) is 190. The van der Waals surface area contributed by atoms with Crippen molar-refractivity contribution < 1.29 is 27.4 Å². The molecule has 0 bridgehead atoms. The first-order valence-corrected chi connectivity index (χ1v) is 0. The number of hydrogen-bond acceptors (Lipinski definition) is 0. The molecule has 0 atom stereocenters. The van der Waals surface area contributed by atoms with E-state index in [0.29, 0.717) is 0 Å². The van der Waals surface area contributed by atoms with E-state index < -0.39 is 0 Å². The molecule has 0 fully saturated rings. The molecule has 0 aliphatic heterocycles. The summed E-state index contributed by atoms with van der Waals surface area (Å²) in [6.07, 6.45) is 0. The molecule has 0 rings (SSSR count). The number of rotatable bonds is 0. The molecule has 0 amide bonds. The summed E-state index contributed by atoms with van der Waals surface area (Å²) >= 11 is 0. The summed E-state index contributed by atoms with van der Waals surface area (Å²) in [5, 5.41) is 0. The minimum atomic E-state index is 0. The van der Waals surface area contributed by atoms with Crippen LogP contribution in [0.3, 0.4) is 0 Å². The van der Waals surface area contributed by atoms with Crippen molar-refractivity contribution in [2.75, 3.05) is 0 Å². The molecule has 0 aliphatic rings. The number of hydrogen-bond donors (Lipinski definition) is 0. The largest absolute Gasteiger partial charge is 0 e. The fourth-order valence-electron chi connectivity index (χ4n) is 0. The standard InChI is InChI=1S/Ba.Ni.2H2O.2H/h;;2*1H2;;. The van der Waals surface area contributed by atoms with Crippen LogP contribution in [0.2, 0.25) is 0 Å². The molecule has 0 saturated heterocycles. The van der Waals surface area contributed by atoms with Crippen molar-refractivity contribution in [2.24, 2.45) is 0 Å². The van der Waals surface area contributed by atoms with Crippen LogP contribution < -0.4 is 0 Å². The summed E-state index contributed by atoms with van der Waals surface area (Å²) in [7, 11) is 0. The molecule has 4 N–H and O–H groups in total. The van der Waals surface area contributed by atoms with E-state index in [1.54, 1.807) is 0 Å². The summed E-state index contributed by atoms with van der Waals surface area (Å²) in [6.45, 7) is 0. The van der Waals surface area contributed by atoms with E-state index in [4.69, 9.17) is 0 Å². The van der Waals surface area contributed by atoms with Crippen molar-refractivity contribution >= 4 is 48.9 Å². The molecule has 0 aromatic heterocycles. The summed E-state index contributed by atoms with van der Waals surface area (Å²) in [5.74, 6) is 0. The van der Waals surface area contributed by atoms with E-state index in [-0.39, 0.29) is 76.3 Å². The summed E-state index contributed by atoms with van der Waals surface area (Å²) in [5.41, 5.74) is 0. The van der Waals surface area contributed by atoms with Gasteiger partial charge in [-0.15, -0.1) is 0 Å². The molecule has 2 nitrogen and oxygen atoms in total. The van der Waals surface area contributed by atoms with Gasteiger partial charge >= 0.3 is 48.9 Å². The minimum Gasteiger partial charge on any atom is 0 e. The SMILES string of the molecule is O.O.[BaH2].[Ni]. The third-order valence-electron chi connectivity index (χ3n) is 0. The first-order valence-electron chi connectivity index (χ1n) is 0. The minimum absolute atomic E-state index is 0.